The third-order valence-corrected chi connectivity index (χ3v) is 9.55. The van der Waals surface area contributed by atoms with E-state index in [9.17, 15) is 16.8 Å². The van der Waals surface area contributed by atoms with Gasteiger partial charge < -0.3 is 0 Å². The minimum Gasteiger partial charge on any atom is -0.261 e. The number of benzene rings is 1. The number of fused-ring (bicyclic) bond motifs is 1. The van der Waals surface area contributed by atoms with Crippen LogP contribution in [0.5, 0.6) is 0 Å². The predicted octanol–water partition coefficient (Wildman–Crippen LogP) is 1.91. The number of hydrogen-bond donors (Lipinski definition) is 0. The lowest BCUT2D eigenvalue weighted by molar-refractivity contribution is -0.0324. The van der Waals surface area contributed by atoms with Crippen LogP contribution in [0.4, 0.5) is 0 Å². The molecule has 5 nitrogen and oxygen atoms in total. The van der Waals surface area contributed by atoms with E-state index in [1.807, 2.05) is 13.8 Å². The van der Waals surface area contributed by atoms with E-state index in [1.54, 1.807) is 26.0 Å². The van der Waals surface area contributed by atoms with E-state index in [4.69, 9.17) is 4.18 Å². The molecule has 1 aliphatic carbocycles. The molecule has 0 bridgehead atoms. The summed E-state index contributed by atoms with van der Waals surface area (Å²) in [7, 11) is -7.28. The van der Waals surface area contributed by atoms with E-state index in [0.29, 0.717) is 0 Å². The van der Waals surface area contributed by atoms with Crippen LogP contribution in [-0.2, 0) is 24.1 Å². The molecule has 1 aromatic rings. The first-order valence-corrected chi connectivity index (χ1v) is 10.2. The highest BCUT2D eigenvalue weighted by atomic mass is 32.2. The summed E-state index contributed by atoms with van der Waals surface area (Å²) in [5.74, 6) is -0.125. The van der Waals surface area contributed by atoms with Crippen molar-refractivity contribution in [1.82, 2.24) is 0 Å². The summed E-state index contributed by atoms with van der Waals surface area (Å²) in [6, 6.07) is 6.33. The smallest absolute Gasteiger partial charge is 0.261 e. The molecule has 1 saturated heterocycles. The molecule has 2 aliphatic rings. The van der Waals surface area contributed by atoms with E-state index < -0.39 is 36.1 Å². The van der Waals surface area contributed by atoms with Gasteiger partial charge >= 0.3 is 0 Å². The molecule has 0 N–H and O–H groups in total. The molecule has 0 unspecified atom stereocenters. The molecule has 0 radical (unpaired) electrons. The molecule has 1 heterocycles. The summed E-state index contributed by atoms with van der Waals surface area (Å²) < 4.78 is 53.7. The van der Waals surface area contributed by atoms with E-state index >= 15 is 0 Å². The first-order valence-electron chi connectivity index (χ1n) is 7.23. The van der Waals surface area contributed by atoms with Crippen molar-refractivity contribution in [2.24, 2.45) is 11.8 Å². The average Bonchev–Trinajstić information content (AvgIpc) is 2.41. The lowest BCUT2D eigenvalue weighted by Crippen LogP contribution is -2.78. The second kappa shape index (κ2) is 4.55. The van der Waals surface area contributed by atoms with Gasteiger partial charge in [0.15, 0.2) is 9.84 Å². The van der Waals surface area contributed by atoms with Crippen molar-refractivity contribution in [1.29, 1.82) is 0 Å². The van der Waals surface area contributed by atoms with Crippen molar-refractivity contribution in [2.75, 3.05) is 0 Å². The van der Waals surface area contributed by atoms with Crippen LogP contribution < -0.4 is 0 Å². The number of rotatable bonds is 3. The molecule has 0 aromatic heterocycles. The third-order valence-electron chi connectivity index (χ3n) is 5.20. The molecule has 122 valence electrons. The second-order valence-corrected chi connectivity index (χ2v) is 11.1. The van der Waals surface area contributed by atoms with Crippen molar-refractivity contribution in [3.63, 3.8) is 0 Å². The van der Waals surface area contributed by atoms with Crippen LogP contribution in [-0.4, -0.2) is 32.9 Å². The van der Waals surface area contributed by atoms with Gasteiger partial charge in [0.1, 0.15) is 0 Å². The molecule has 1 aromatic carbocycles. The molecule has 0 amide bonds. The highest BCUT2D eigenvalue weighted by Crippen LogP contribution is 2.61. The summed E-state index contributed by atoms with van der Waals surface area (Å²) in [5, 5.41) is -0.697. The van der Waals surface area contributed by atoms with E-state index in [1.165, 1.54) is 12.1 Å². The Labute approximate surface area is 131 Å². The summed E-state index contributed by atoms with van der Waals surface area (Å²) in [6.45, 7) is 7.11. The third kappa shape index (κ3) is 1.91. The zero-order chi connectivity index (χ0) is 16.5. The lowest BCUT2D eigenvalue weighted by Gasteiger charge is -2.64. The van der Waals surface area contributed by atoms with Crippen LogP contribution >= 0.6 is 0 Å². The van der Waals surface area contributed by atoms with Gasteiger partial charge in [0.05, 0.1) is 21.0 Å². The Kier molecular flexibility index (Phi) is 3.30. The van der Waals surface area contributed by atoms with Crippen LogP contribution in [0.2, 0.25) is 0 Å². The fourth-order valence-corrected chi connectivity index (χ4v) is 7.86. The lowest BCUT2D eigenvalue weighted by atomic mass is 9.64. The Hall–Kier alpha value is -0.920. The fraction of sp³-hybridized carbons (Fsp3) is 0.600. The molecule has 3 rings (SSSR count). The highest BCUT2D eigenvalue weighted by molar-refractivity contribution is 7.95. The van der Waals surface area contributed by atoms with Gasteiger partial charge in [-0.3, -0.25) is 4.18 Å². The van der Waals surface area contributed by atoms with E-state index in [0.717, 1.165) is 5.56 Å². The summed E-state index contributed by atoms with van der Waals surface area (Å²) in [5.41, 5.74) is 0.944. The quantitative estimate of drug-likeness (QED) is 0.783. The molecular weight excluding hydrogens is 324 g/mol. The Morgan fingerprint density at radius 1 is 1.14 bits per heavy atom. The van der Waals surface area contributed by atoms with E-state index in [-0.39, 0.29) is 16.7 Å². The van der Waals surface area contributed by atoms with Crippen LogP contribution in [0, 0.1) is 18.8 Å². The van der Waals surface area contributed by atoms with Crippen LogP contribution in [0.15, 0.2) is 29.2 Å². The minimum atomic E-state index is -3.94. The second-order valence-electron chi connectivity index (χ2n) is 6.83. The van der Waals surface area contributed by atoms with Gasteiger partial charge in [-0.25, -0.2) is 8.42 Å². The minimum absolute atomic E-state index is 0.0317. The normalized spacial score (nSPS) is 35.1. The van der Waals surface area contributed by atoms with Crippen LogP contribution in [0.1, 0.15) is 26.3 Å². The maximum atomic E-state index is 12.3. The molecule has 0 spiro atoms. The summed E-state index contributed by atoms with van der Waals surface area (Å²) >= 11 is 0. The summed E-state index contributed by atoms with van der Waals surface area (Å²) in [6.07, 6.45) is -0.783. The fourth-order valence-electron chi connectivity index (χ4n) is 3.78. The van der Waals surface area contributed by atoms with Crippen LogP contribution in [0.25, 0.3) is 0 Å². The van der Waals surface area contributed by atoms with Gasteiger partial charge in [-0.05, 0) is 38.8 Å². The number of sulfone groups is 1. The molecular formula is C15H20O5S2. The molecule has 7 heteroatoms. The van der Waals surface area contributed by atoms with Crippen LogP contribution in [0.3, 0.4) is 0 Å². The topological polar surface area (TPSA) is 77.5 Å². The zero-order valence-corrected chi connectivity index (χ0v) is 14.6. The molecule has 22 heavy (non-hydrogen) atoms. The first-order chi connectivity index (χ1) is 10.00. The number of hydrogen-bond acceptors (Lipinski definition) is 5. The van der Waals surface area contributed by atoms with E-state index in [2.05, 4.69) is 0 Å². The maximum Gasteiger partial charge on any atom is 0.297 e. The molecule has 4 atom stereocenters. The Morgan fingerprint density at radius 3 is 2.23 bits per heavy atom. The van der Waals surface area contributed by atoms with Gasteiger partial charge in [0, 0.05) is 5.92 Å². The molecule has 1 aliphatic heterocycles. The standard InChI is InChI=1S/C15H20O5S2/c1-9-5-7-11(8-6-9)22(18,19)20-13-10(2)12-14(13)21(16,17)15(12,3)4/h5-8,10,12-14H,1-4H3/t10-,12-,13-,14-/m1/s1. The van der Waals surface area contributed by atoms with Gasteiger partial charge in [0.2, 0.25) is 0 Å². The number of aryl methyl sites for hydroxylation is 1. The largest absolute Gasteiger partial charge is 0.297 e. The van der Waals surface area contributed by atoms with Gasteiger partial charge in [0.25, 0.3) is 10.1 Å². The Bertz CT molecular complexity index is 806. The predicted molar refractivity (Wildman–Crippen MR) is 82.7 cm³/mol. The maximum absolute atomic E-state index is 12.3. The van der Waals surface area contributed by atoms with Crippen molar-refractivity contribution in [2.45, 2.75) is 48.7 Å². The van der Waals surface area contributed by atoms with Gasteiger partial charge in [-0.1, -0.05) is 24.6 Å². The zero-order valence-electron chi connectivity index (χ0n) is 13.0. The molecule has 2 fully saturated rings. The SMILES string of the molecule is Cc1ccc(S(=O)(=O)O[C@@H]2[C@H](C)[C@@H]3[C@H]2S(=O)(=O)C3(C)C)cc1. The van der Waals surface area contributed by atoms with Crippen molar-refractivity contribution in [3.05, 3.63) is 29.8 Å². The Balaban J connectivity index is 1.85. The van der Waals surface area contributed by atoms with Crippen molar-refractivity contribution in [3.8, 4) is 0 Å². The monoisotopic (exact) mass is 344 g/mol. The van der Waals surface area contributed by atoms with Gasteiger partial charge in [-0.15, -0.1) is 0 Å². The average molecular weight is 344 g/mol. The summed E-state index contributed by atoms with van der Waals surface area (Å²) in [4.78, 5) is 0.0599. The van der Waals surface area contributed by atoms with Gasteiger partial charge in [-0.2, -0.15) is 8.42 Å². The Morgan fingerprint density at radius 2 is 1.68 bits per heavy atom. The molecule has 1 saturated carbocycles. The van der Waals surface area contributed by atoms with Crippen molar-refractivity contribution >= 4 is 20.0 Å². The highest BCUT2D eigenvalue weighted by Gasteiger charge is 2.74. The van der Waals surface area contributed by atoms with Crippen molar-refractivity contribution < 1.29 is 21.0 Å². The first kappa shape index (κ1) is 16.0.